The Morgan fingerprint density at radius 2 is 2.23 bits per heavy atom. The van der Waals surface area contributed by atoms with E-state index in [1.54, 1.807) is 0 Å². The van der Waals surface area contributed by atoms with Crippen molar-refractivity contribution in [2.24, 2.45) is 0 Å². The molecule has 22 heavy (non-hydrogen) atoms. The SMILES string of the molecule is CC(C)c1ccc2cc(CNC(=O)N3CCCC3C)[nH]c2c1. The average molecular weight is 299 g/mol. The summed E-state index contributed by atoms with van der Waals surface area (Å²) in [6.45, 7) is 7.93. The number of nitrogens with one attached hydrogen (secondary N) is 2. The van der Waals surface area contributed by atoms with Crippen LogP contribution in [0.15, 0.2) is 24.3 Å². The standard InChI is InChI=1S/C18H25N3O/c1-12(2)14-6-7-15-9-16(20-17(15)10-14)11-19-18(22)21-8-4-5-13(21)3/h6-7,9-10,12-13,20H,4-5,8,11H2,1-3H3,(H,19,22). The molecule has 1 atom stereocenters. The van der Waals surface area contributed by atoms with Crippen LogP contribution in [0.25, 0.3) is 10.9 Å². The van der Waals surface area contributed by atoms with Crippen molar-refractivity contribution in [3.63, 3.8) is 0 Å². The Balaban J connectivity index is 1.67. The molecule has 0 spiro atoms. The number of nitrogens with zero attached hydrogens (tertiary/aromatic N) is 1. The fourth-order valence-electron chi connectivity index (χ4n) is 3.17. The monoisotopic (exact) mass is 299 g/mol. The van der Waals surface area contributed by atoms with Crippen LogP contribution in [-0.4, -0.2) is 28.5 Å². The van der Waals surface area contributed by atoms with Gasteiger partial charge in [-0.1, -0.05) is 26.0 Å². The zero-order valence-corrected chi connectivity index (χ0v) is 13.6. The van der Waals surface area contributed by atoms with E-state index >= 15 is 0 Å². The number of aromatic nitrogens is 1. The van der Waals surface area contributed by atoms with Crippen LogP contribution in [0.5, 0.6) is 0 Å². The predicted octanol–water partition coefficient (Wildman–Crippen LogP) is 3.99. The second kappa shape index (κ2) is 6.03. The van der Waals surface area contributed by atoms with Gasteiger partial charge in [0.05, 0.1) is 6.54 Å². The molecule has 118 valence electrons. The average Bonchev–Trinajstić information content (AvgIpc) is 3.09. The van der Waals surface area contributed by atoms with Gasteiger partial charge in [0.25, 0.3) is 0 Å². The molecule has 1 aliphatic rings. The fourth-order valence-corrected chi connectivity index (χ4v) is 3.17. The summed E-state index contributed by atoms with van der Waals surface area (Å²) in [5.41, 5.74) is 3.52. The number of benzene rings is 1. The Bertz CT molecular complexity index is 674. The number of H-pyrrole nitrogens is 1. The first-order valence-corrected chi connectivity index (χ1v) is 8.20. The lowest BCUT2D eigenvalue weighted by molar-refractivity contribution is 0.195. The van der Waals surface area contributed by atoms with E-state index in [4.69, 9.17) is 0 Å². The Hall–Kier alpha value is -1.97. The van der Waals surface area contributed by atoms with Gasteiger partial charge < -0.3 is 15.2 Å². The summed E-state index contributed by atoms with van der Waals surface area (Å²) >= 11 is 0. The largest absolute Gasteiger partial charge is 0.357 e. The first kappa shape index (κ1) is 14.9. The molecule has 1 aromatic heterocycles. The second-order valence-corrected chi connectivity index (χ2v) is 6.64. The highest BCUT2D eigenvalue weighted by Gasteiger charge is 2.24. The van der Waals surface area contributed by atoms with Crippen LogP contribution >= 0.6 is 0 Å². The van der Waals surface area contributed by atoms with E-state index in [-0.39, 0.29) is 6.03 Å². The molecule has 0 aliphatic carbocycles. The van der Waals surface area contributed by atoms with Gasteiger partial charge in [-0.15, -0.1) is 0 Å². The van der Waals surface area contributed by atoms with Crippen LogP contribution in [0.1, 0.15) is 50.8 Å². The second-order valence-electron chi connectivity index (χ2n) is 6.64. The molecule has 4 nitrogen and oxygen atoms in total. The highest BCUT2D eigenvalue weighted by Crippen LogP contribution is 2.22. The van der Waals surface area contributed by atoms with Crippen LogP contribution in [0.3, 0.4) is 0 Å². The van der Waals surface area contributed by atoms with Crippen LogP contribution < -0.4 is 5.32 Å². The molecule has 2 N–H and O–H groups in total. The molecule has 0 radical (unpaired) electrons. The number of carbonyl (C=O) groups is 1. The maximum absolute atomic E-state index is 12.2. The summed E-state index contributed by atoms with van der Waals surface area (Å²) in [6.07, 6.45) is 2.22. The minimum absolute atomic E-state index is 0.0477. The van der Waals surface area contributed by atoms with Crippen molar-refractivity contribution in [1.82, 2.24) is 15.2 Å². The van der Waals surface area contributed by atoms with Gasteiger partial charge in [-0.05, 0) is 48.8 Å². The quantitative estimate of drug-likeness (QED) is 0.884. The molecule has 1 aliphatic heterocycles. The van der Waals surface area contributed by atoms with E-state index in [0.29, 0.717) is 18.5 Å². The molecule has 2 aromatic rings. The molecule has 1 aromatic carbocycles. The molecule has 4 heteroatoms. The first-order chi connectivity index (χ1) is 10.5. The Morgan fingerprint density at radius 1 is 1.41 bits per heavy atom. The summed E-state index contributed by atoms with van der Waals surface area (Å²) in [7, 11) is 0. The summed E-state index contributed by atoms with van der Waals surface area (Å²) in [4.78, 5) is 17.5. The van der Waals surface area contributed by atoms with E-state index in [9.17, 15) is 4.79 Å². The smallest absolute Gasteiger partial charge is 0.317 e. The molecular weight excluding hydrogens is 274 g/mol. The molecule has 0 bridgehead atoms. The van der Waals surface area contributed by atoms with Gasteiger partial charge in [-0.3, -0.25) is 0 Å². The number of urea groups is 1. The predicted molar refractivity (Wildman–Crippen MR) is 90.0 cm³/mol. The van der Waals surface area contributed by atoms with Gasteiger partial charge in [0, 0.05) is 23.8 Å². The van der Waals surface area contributed by atoms with E-state index in [2.05, 4.69) is 55.3 Å². The number of likely N-dealkylation sites (tertiary alicyclic amines) is 1. The van der Waals surface area contributed by atoms with Crippen molar-refractivity contribution in [2.45, 2.75) is 52.1 Å². The van der Waals surface area contributed by atoms with Crippen LogP contribution in [0.2, 0.25) is 0 Å². The van der Waals surface area contributed by atoms with Gasteiger partial charge >= 0.3 is 6.03 Å². The zero-order valence-electron chi connectivity index (χ0n) is 13.6. The molecule has 2 heterocycles. The van der Waals surface area contributed by atoms with Crippen LogP contribution in [0.4, 0.5) is 4.79 Å². The van der Waals surface area contributed by atoms with Crippen LogP contribution in [0, 0.1) is 0 Å². The number of fused-ring (bicyclic) bond motifs is 1. The minimum Gasteiger partial charge on any atom is -0.357 e. The Morgan fingerprint density at radius 3 is 2.91 bits per heavy atom. The van der Waals surface area contributed by atoms with Crippen molar-refractivity contribution in [3.8, 4) is 0 Å². The first-order valence-electron chi connectivity index (χ1n) is 8.20. The number of carbonyl (C=O) groups excluding carboxylic acids is 1. The van der Waals surface area contributed by atoms with E-state index in [1.807, 2.05) is 4.90 Å². The van der Waals surface area contributed by atoms with Gasteiger partial charge in [0.1, 0.15) is 0 Å². The van der Waals surface area contributed by atoms with Gasteiger partial charge in [-0.2, -0.15) is 0 Å². The van der Waals surface area contributed by atoms with E-state index < -0.39 is 0 Å². The lowest BCUT2D eigenvalue weighted by Gasteiger charge is -2.21. The molecule has 1 unspecified atom stereocenters. The van der Waals surface area contributed by atoms with E-state index in [1.165, 1.54) is 10.9 Å². The Kier molecular flexibility index (Phi) is 4.10. The van der Waals surface area contributed by atoms with Crippen LogP contribution in [-0.2, 0) is 6.54 Å². The summed E-state index contributed by atoms with van der Waals surface area (Å²) < 4.78 is 0. The molecule has 1 fully saturated rings. The number of amides is 2. The fraction of sp³-hybridized carbons (Fsp3) is 0.500. The van der Waals surface area contributed by atoms with Gasteiger partial charge in [-0.25, -0.2) is 4.79 Å². The van der Waals surface area contributed by atoms with Crippen molar-refractivity contribution in [1.29, 1.82) is 0 Å². The van der Waals surface area contributed by atoms with Crippen molar-refractivity contribution < 1.29 is 4.79 Å². The molecular formula is C18H25N3O. The van der Waals surface area contributed by atoms with Crippen molar-refractivity contribution in [3.05, 3.63) is 35.5 Å². The molecule has 2 amide bonds. The summed E-state index contributed by atoms with van der Waals surface area (Å²) in [5.74, 6) is 0.521. The maximum Gasteiger partial charge on any atom is 0.317 e. The summed E-state index contributed by atoms with van der Waals surface area (Å²) in [6, 6.07) is 9.05. The topological polar surface area (TPSA) is 48.1 Å². The van der Waals surface area contributed by atoms with Crippen molar-refractivity contribution >= 4 is 16.9 Å². The molecule has 1 saturated heterocycles. The third-order valence-corrected chi connectivity index (χ3v) is 4.61. The highest BCUT2D eigenvalue weighted by atomic mass is 16.2. The van der Waals surface area contributed by atoms with Gasteiger partial charge in [0.15, 0.2) is 0 Å². The highest BCUT2D eigenvalue weighted by molar-refractivity contribution is 5.81. The van der Waals surface area contributed by atoms with Gasteiger partial charge in [0.2, 0.25) is 0 Å². The third kappa shape index (κ3) is 2.96. The molecule has 0 saturated carbocycles. The number of hydrogen-bond donors (Lipinski definition) is 2. The van der Waals surface area contributed by atoms with Crippen molar-refractivity contribution in [2.75, 3.05) is 6.54 Å². The lowest BCUT2D eigenvalue weighted by Crippen LogP contribution is -2.41. The minimum atomic E-state index is 0.0477. The summed E-state index contributed by atoms with van der Waals surface area (Å²) in [5, 5.41) is 4.22. The maximum atomic E-state index is 12.2. The Labute approximate surface area is 131 Å². The number of rotatable bonds is 3. The van der Waals surface area contributed by atoms with E-state index in [0.717, 1.165) is 30.6 Å². The zero-order chi connectivity index (χ0) is 15.7. The molecule has 3 rings (SSSR count). The number of hydrogen-bond acceptors (Lipinski definition) is 1. The number of aromatic amines is 1. The normalized spacial score (nSPS) is 18.4. The lowest BCUT2D eigenvalue weighted by atomic mass is 10.0. The third-order valence-electron chi connectivity index (χ3n) is 4.61.